The van der Waals surface area contributed by atoms with E-state index in [-0.39, 0.29) is 12.5 Å². The quantitative estimate of drug-likeness (QED) is 0.331. The Hall–Kier alpha value is -2.80. The van der Waals surface area contributed by atoms with Gasteiger partial charge in [0.2, 0.25) is 0 Å². The number of carbonyl (C=O) groups is 2. The van der Waals surface area contributed by atoms with Gasteiger partial charge >= 0.3 is 5.97 Å². The number of esters is 1. The van der Waals surface area contributed by atoms with Crippen molar-refractivity contribution >= 4 is 62.3 Å². The van der Waals surface area contributed by atoms with Crippen molar-refractivity contribution in [3.8, 4) is 11.1 Å². The van der Waals surface area contributed by atoms with E-state index in [1.54, 1.807) is 42.8 Å². The number of nitrogens with one attached hydrogen (secondary N) is 1. The lowest BCUT2D eigenvalue weighted by Gasteiger charge is -2.09. The van der Waals surface area contributed by atoms with Crippen LogP contribution >= 0.6 is 34.5 Å². The fourth-order valence-corrected chi connectivity index (χ4v) is 4.63. The van der Waals surface area contributed by atoms with E-state index in [2.05, 4.69) is 5.32 Å². The Morgan fingerprint density at radius 1 is 1.06 bits per heavy atom. The SMILES string of the molecule is CCOC(=O)c1c(-c2ccc(Cl)cc2)csc1NC(=O)c1cc2ccc(Cl)cc2n1C. The van der Waals surface area contributed by atoms with Gasteiger partial charge in [0.1, 0.15) is 16.3 Å². The van der Waals surface area contributed by atoms with E-state index < -0.39 is 5.97 Å². The van der Waals surface area contributed by atoms with Crippen LogP contribution in [0.2, 0.25) is 10.0 Å². The van der Waals surface area contributed by atoms with E-state index in [1.165, 1.54) is 11.3 Å². The number of aryl methyl sites for hydroxylation is 1. The van der Waals surface area contributed by atoms with Crippen LogP contribution in [-0.4, -0.2) is 23.1 Å². The summed E-state index contributed by atoms with van der Waals surface area (Å²) in [6, 6.07) is 14.4. The molecule has 2 aromatic heterocycles. The smallest absolute Gasteiger partial charge is 0.341 e. The first-order chi connectivity index (χ1) is 14.9. The summed E-state index contributed by atoms with van der Waals surface area (Å²) >= 11 is 13.4. The van der Waals surface area contributed by atoms with Gasteiger partial charge in [-0.2, -0.15) is 0 Å². The number of hydrogen-bond donors (Lipinski definition) is 1. The number of aromatic nitrogens is 1. The molecule has 8 heteroatoms. The van der Waals surface area contributed by atoms with Crippen molar-refractivity contribution in [1.82, 2.24) is 4.57 Å². The van der Waals surface area contributed by atoms with Crippen molar-refractivity contribution in [3.05, 3.63) is 75.2 Å². The molecule has 2 heterocycles. The van der Waals surface area contributed by atoms with E-state index in [0.29, 0.717) is 31.9 Å². The topological polar surface area (TPSA) is 60.3 Å². The second-order valence-corrected chi connectivity index (χ2v) is 8.58. The van der Waals surface area contributed by atoms with Gasteiger partial charge in [0.15, 0.2) is 0 Å². The zero-order chi connectivity index (χ0) is 22.1. The first-order valence-electron chi connectivity index (χ1n) is 9.50. The number of rotatable bonds is 5. The molecule has 31 heavy (non-hydrogen) atoms. The summed E-state index contributed by atoms with van der Waals surface area (Å²) in [5.74, 6) is -0.822. The molecule has 0 spiro atoms. The van der Waals surface area contributed by atoms with Crippen LogP contribution in [0, 0.1) is 0 Å². The van der Waals surface area contributed by atoms with Crippen LogP contribution in [0.1, 0.15) is 27.8 Å². The van der Waals surface area contributed by atoms with Crippen LogP contribution in [0.25, 0.3) is 22.0 Å². The average molecular weight is 473 g/mol. The van der Waals surface area contributed by atoms with Crippen molar-refractivity contribution < 1.29 is 14.3 Å². The Morgan fingerprint density at radius 3 is 2.48 bits per heavy atom. The number of hydrogen-bond acceptors (Lipinski definition) is 4. The van der Waals surface area contributed by atoms with Gasteiger partial charge in [-0.3, -0.25) is 4.79 Å². The number of anilines is 1. The van der Waals surface area contributed by atoms with Gasteiger partial charge in [-0.1, -0.05) is 41.4 Å². The third kappa shape index (κ3) is 4.19. The van der Waals surface area contributed by atoms with E-state index >= 15 is 0 Å². The Kier molecular flexibility index (Phi) is 6.05. The second-order valence-electron chi connectivity index (χ2n) is 6.83. The van der Waals surface area contributed by atoms with Crippen LogP contribution in [0.15, 0.2) is 53.9 Å². The van der Waals surface area contributed by atoms with Gasteiger partial charge < -0.3 is 14.6 Å². The fraction of sp³-hybridized carbons (Fsp3) is 0.130. The molecule has 0 aliphatic rings. The van der Waals surface area contributed by atoms with Gasteiger partial charge in [-0.05, 0) is 42.8 Å². The minimum atomic E-state index is -0.493. The van der Waals surface area contributed by atoms with Gasteiger partial charge in [0.05, 0.1) is 6.61 Å². The lowest BCUT2D eigenvalue weighted by molar-refractivity contribution is 0.0529. The van der Waals surface area contributed by atoms with Crippen LogP contribution in [0.5, 0.6) is 0 Å². The molecule has 0 unspecified atom stereocenters. The summed E-state index contributed by atoms with van der Waals surface area (Å²) in [5, 5.41) is 7.23. The van der Waals surface area contributed by atoms with Crippen molar-refractivity contribution in [2.24, 2.45) is 7.05 Å². The van der Waals surface area contributed by atoms with Crippen molar-refractivity contribution in [2.75, 3.05) is 11.9 Å². The molecule has 0 atom stereocenters. The first kappa shape index (κ1) is 21.4. The molecular weight excluding hydrogens is 455 g/mol. The Bertz CT molecular complexity index is 1290. The average Bonchev–Trinajstić information content (AvgIpc) is 3.30. The third-order valence-corrected chi connectivity index (χ3v) is 6.28. The van der Waals surface area contributed by atoms with Gasteiger partial charge in [-0.25, -0.2) is 4.79 Å². The largest absolute Gasteiger partial charge is 0.462 e. The van der Waals surface area contributed by atoms with Crippen LogP contribution in [0.3, 0.4) is 0 Å². The Labute approximate surface area is 193 Å². The van der Waals surface area contributed by atoms with Gasteiger partial charge in [0.25, 0.3) is 5.91 Å². The normalized spacial score (nSPS) is 11.0. The van der Waals surface area contributed by atoms with Crippen LogP contribution < -0.4 is 5.32 Å². The molecule has 158 valence electrons. The summed E-state index contributed by atoms with van der Waals surface area (Å²) in [6.45, 7) is 1.97. The number of thiophene rings is 1. The van der Waals surface area contributed by atoms with E-state index in [1.807, 2.05) is 29.6 Å². The van der Waals surface area contributed by atoms with Crippen LogP contribution in [-0.2, 0) is 11.8 Å². The molecule has 0 fully saturated rings. The summed E-state index contributed by atoms with van der Waals surface area (Å²) in [6.07, 6.45) is 0. The molecule has 0 radical (unpaired) electrons. The predicted octanol–water partition coefficient (Wildman–Crippen LogP) is 6.64. The first-order valence-corrected chi connectivity index (χ1v) is 11.1. The highest BCUT2D eigenvalue weighted by Crippen LogP contribution is 2.37. The maximum absolute atomic E-state index is 13.1. The van der Waals surface area contributed by atoms with E-state index in [9.17, 15) is 9.59 Å². The standard InChI is InChI=1S/C23H18Cl2N2O3S/c1-3-30-23(29)20-17(13-4-7-15(24)8-5-13)12-31-22(20)26-21(28)19-10-14-6-9-16(25)11-18(14)27(19)2/h4-12H,3H2,1-2H3,(H,26,28). The molecule has 1 amide bonds. The zero-order valence-corrected chi connectivity index (χ0v) is 19.1. The van der Waals surface area contributed by atoms with E-state index in [0.717, 1.165) is 16.5 Å². The molecule has 0 bridgehead atoms. The molecule has 4 aromatic rings. The molecule has 0 saturated heterocycles. The predicted molar refractivity (Wildman–Crippen MR) is 127 cm³/mol. The number of nitrogens with zero attached hydrogens (tertiary/aromatic N) is 1. The maximum Gasteiger partial charge on any atom is 0.341 e. The van der Waals surface area contributed by atoms with Gasteiger partial charge in [-0.15, -0.1) is 11.3 Å². The molecule has 0 aliphatic heterocycles. The molecular formula is C23H18Cl2N2O3S. The second kappa shape index (κ2) is 8.75. The molecule has 1 N–H and O–H groups in total. The fourth-order valence-electron chi connectivity index (χ4n) is 3.39. The lowest BCUT2D eigenvalue weighted by Crippen LogP contribution is -2.17. The highest BCUT2D eigenvalue weighted by Gasteiger charge is 2.24. The van der Waals surface area contributed by atoms with Crippen molar-refractivity contribution in [3.63, 3.8) is 0 Å². The maximum atomic E-state index is 13.1. The number of benzene rings is 2. The minimum absolute atomic E-state index is 0.228. The molecule has 2 aromatic carbocycles. The highest BCUT2D eigenvalue weighted by atomic mass is 35.5. The molecule has 0 saturated carbocycles. The summed E-state index contributed by atoms with van der Waals surface area (Å²) in [5.41, 5.74) is 3.11. The van der Waals surface area contributed by atoms with Crippen molar-refractivity contribution in [1.29, 1.82) is 0 Å². The number of fused-ring (bicyclic) bond motifs is 1. The molecule has 0 aliphatic carbocycles. The van der Waals surface area contributed by atoms with Crippen LogP contribution in [0.4, 0.5) is 5.00 Å². The monoisotopic (exact) mass is 472 g/mol. The number of ether oxygens (including phenoxy) is 1. The number of amides is 1. The summed E-state index contributed by atoms with van der Waals surface area (Å²) < 4.78 is 7.03. The Balaban J connectivity index is 1.73. The van der Waals surface area contributed by atoms with Crippen molar-refractivity contribution in [2.45, 2.75) is 6.92 Å². The van der Waals surface area contributed by atoms with E-state index in [4.69, 9.17) is 27.9 Å². The summed E-state index contributed by atoms with van der Waals surface area (Å²) in [7, 11) is 1.80. The van der Waals surface area contributed by atoms with Gasteiger partial charge in [0, 0.05) is 38.9 Å². The Morgan fingerprint density at radius 2 is 1.77 bits per heavy atom. The number of halogens is 2. The zero-order valence-electron chi connectivity index (χ0n) is 16.7. The minimum Gasteiger partial charge on any atom is -0.462 e. The molecule has 5 nitrogen and oxygen atoms in total. The number of carbonyl (C=O) groups excluding carboxylic acids is 2. The highest BCUT2D eigenvalue weighted by molar-refractivity contribution is 7.15. The lowest BCUT2D eigenvalue weighted by atomic mass is 10.0. The third-order valence-electron chi connectivity index (χ3n) is 4.89. The summed E-state index contributed by atoms with van der Waals surface area (Å²) in [4.78, 5) is 25.8. The molecule has 4 rings (SSSR count).